The number of nitrogens with one attached hydrogen (secondary N) is 1. The fourth-order valence-electron chi connectivity index (χ4n) is 5.82. The summed E-state index contributed by atoms with van der Waals surface area (Å²) in [5.41, 5.74) is 3.84. The van der Waals surface area contributed by atoms with E-state index >= 15 is 0 Å². The van der Waals surface area contributed by atoms with Crippen LogP contribution in [0.15, 0.2) is 78.9 Å². The number of piperazine rings is 1. The molecule has 2 saturated heterocycles. The highest BCUT2D eigenvalue weighted by Gasteiger charge is 2.52. The molecule has 0 bridgehead atoms. The monoisotopic (exact) mass is 584 g/mol. The second kappa shape index (κ2) is 13.2. The number of amides is 4. The number of hydrazine groups is 1. The zero-order valence-electron chi connectivity index (χ0n) is 25.0. The molecule has 43 heavy (non-hydrogen) atoms. The van der Waals surface area contributed by atoms with Crippen LogP contribution in [0.2, 0.25) is 0 Å². The summed E-state index contributed by atoms with van der Waals surface area (Å²) in [5, 5.41) is 16.3. The topological polar surface area (TPSA) is 99.7 Å². The van der Waals surface area contributed by atoms with Gasteiger partial charge in [-0.2, -0.15) is 5.01 Å². The molecule has 2 aliphatic rings. The number of carbonyl (C=O) groups excluding carboxylic acids is 3. The van der Waals surface area contributed by atoms with Crippen LogP contribution in [0.25, 0.3) is 0 Å². The molecule has 0 unspecified atom stereocenters. The number of fused-ring (bicyclic) bond motifs is 1. The number of aromatic hydroxyl groups is 1. The zero-order chi connectivity index (χ0) is 30.5. The quantitative estimate of drug-likeness (QED) is 0.379. The minimum Gasteiger partial charge on any atom is -0.508 e. The Kier molecular flexibility index (Phi) is 9.16. The van der Waals surface area contributed by atoms with Gasteiger partial charge in [0.15, 0.2) is 0 Å². The van der Waals surface area contributed by atoms with Crippen molar-refractivity contribution in [3.05, 3.63) is 95.6 Å². The van der Waals surface area contributed by atoms with Gasteiger partial charge in [-0.1, -0.05) is 61.5 Å². The maximum Gasteiger partial charge on any atom is 0.332 e. The third-order valence-electron chi connectivity index (χ3n) is 8.00. The lowest BCUT2D eigenvalue weighted by Crippen LogP contribution is -2.66. The summed E-state index contributed by atoms with van der Waals surface area (Å²) in [6.45, 7) is 3.45. The Morgan fingerprint density at radius 1 is 0.953 bits per heavy atom. The molecule has 4 amide bonds. The second-order valence-electron chi connectivity index (χ2n) is 11.3. The molecule has 2 aliphatic heterocycles. The highest BCUT2D eigenvalue weighted by Crippen LogP contribution is 2.31. The van der Waals surface area contributed by atoms with Crippen LogP contribution in [0.4, 0.5) is 10.5 Å². The Labute approximate surface area is 253 Å². The smallest absolute Gasteiger partial charge is 0.332 e. The molecule has 2 atom stereocenters. The Morgan fingerprint density at radius 3 is 2.37 bits per heavy atom. The van der Waals surface area contributed by atoms with Gasteiger partial charge in [-0.15, -0.1) is 0 Å². The minimum absolute atomic E-state index is 0.00668. The van der Waals surface area contributed by atoms with Crippen LogP contribution in [0.1, 0.15) is 30.0 Å². The van der Waals surface area contributed by atoms with E-state index in [1.54, 1.807) is 39.1 Å². The van der Waals surface area contributed by atoms with Gasteiger partial charge < -0.3 is 25.1 Å². The largest absolute Gasteiger partial charge is 0.508 e. The van der Waals surface area contributed by atoms with E-state index in [0.29, 0.717) is 32.5 Å². The first-order chi connectivity index (χ1) is 20.7. The van der Waals surface area contributed by atoms with Gasteiger partial charge in [0.2, 0.25) is 11.8 Å². The molecule has 0 spiro atoms. The van der Waals surface area contributed by atoms with Crippen LogP contribution in [0.5, 0.6) is 5.75 Å². The van der Waals surface area contributed by atoms with E-state index in [1.165, 1.54) is 0 Å². The number of rotatable bonds is 10. The molecular formula is C33H40N6O4. The summed E-state index contributed by atoms with van der Waals surface area (Å²) >= 11 is 0. The number of nitrogens with zero attached hydrogens (tertiary/aromatic N) is 5. The molecule has 5 rings (SSSR count). The van der Waals surface area contributed by atoms with Gasteiger partial charge in [-0.25, -0.2) is 4.79 Å². The summed E-state index contributed by atoms with van der Waals surface area (Å²) in [5.74, 6) is -0.183. The van der Waals surface area contributed by atoms with Crippen molar-refractivity contribution in [2.24, 2.45) is 0 Å². The van der Waals surface area contributed by atoms with Gasteiger partial charge in [0.05, 0.1) is 13.1 Å². The van der Waals surface area contributed by atoms with Gasteiger partial charge in [-0.05, 0) is 47.4 Å². The maximum atomic E-state index is 14.1. The van der Waals surface area contributed by atoms with E-state index in [4.69, 9.17) is 0 Å². The van der Waals surface area contributed by atoms with Crippen molar-refractivity contribution >= 4 is 23.5 Å². The molecule has 2 N–H and O–H groups in total. The first-order valence-electron chi connectivity index (χ1n) is 14.7. The number of hydrogen-bond donors (Lipinski definition) is 2. The molecule has 10 nitrogen and oxygen atoms in total. The molecule has 3 aromatic rings. The fraction of sp³-hybridized carbons (Fsp3) is 0.364. The molecule has 0 saturated carbocycles. The number of carbonyl (C=O) groups is 3. The average molecular weight is 585 g/mol. The summed E-state index contributed by atoms with van der Waals surface area (Å²) in [4.78, 5) is 46.7. The van der Waals surface area contributed by atoms with Crippen LogP contribution in [-0.4, -0.2) is 88.7 Å². The van der Waals surface area contributed by atoms with Gasteiger partial charge in [0.25, 0.3) is 0 Å². The molecule has 0 aliphatic carbocycles. The molecular weight excluding hydrogens is 544 g/mol. The van der Waals surface area contributed by atoms with Crippen LogP contribution in [-0.2, 0) is 29.1 Å². The van der Waals surface area contributed by atoms with Crippen LogP contribution in [0, 0.1) is 0 Å². The van der Waals surface area contributed by atoms with E-state index in [9.17, 15) is 19.5 Å². The van der Waals surface area contributed by atoms with Gasteiger partial charge in [0, 0.05) is 45.8 Å². The molecule has 226 valence electrons. The van der Waals surface area contributed by atoms with Gasteiger partial charge in [0.1, 0.15) is 18.0 Å². The summed E-state index contributed by atoms with van der Waals surface area (Å²) in [7, 11) is 3.95. The van der Waals surface area contributed by atoms with Crippen molar-refractivity contribution in [2.45, 2.75) is 45.1 Å². The standard InChI is InChI=1S/C33H40N6O4/c1-4-17-37(33(43)34-20-25-9-6-5-7-10-25)38-23-31(41)39-29(19-24-13-15-28(40)16-14-24)32(42)36(22-30(38)39)21-26-11-8-12-27(18-26)35(2)3/h5-16,18,29-30,40H,4,17,19-23H2,1-3H3,(H,34,43)/t29-,30+/m0/s1. The number of benzene rings is 3. The van der Waals surface area contributed by atoms with E-state index in [0.717, 1.165) is 22.4 Å². The number of urea groups is 1. The number of phenolic OH excluding ortho intramolecular Hbond substituents is 1. The minimum atomic E-state index is -0.742. The molecule has 0 radical (unpaired) electrons. The highest BCUT2D eigenvalue weighted by atomic mass is 16.3. The van der Waals surface area contributed by atoms with E-state index < -0.39 is 12.2 Å². The van der Waals surface area contributed by atoms with Gasteiger partial charge >= 0.3 is 6.03 Å². The number of phenols is 1. The number of hydrogen-bond acceptors (Lipinski definition) is 6. The van der Waals surface area contributed by atoms with Crippen LogP contribution >= 0.6 is 0 Å². The predicted molar refractivity (Wildman–Crippen MR) is 165 cm³/mol. The SMILES string of the molecule is CCCN(C(=O)NCc1ccccc1)N1CC(=O)N2[C@@H](Cc3ccc(O)cc3)C(=O)N(Cc3cccc(N(C)C)c3)C[C@@H]21. The Bertz CT molecular complexity index is 1430. The summed E-state index contributed by atoms with van der Waals surface area (Å²) in [6, 6.07) is 23.5. The Morgan fingerprint density at radius 2 is 1.67 bits per heavy atom. The van der Waals surface area contributed by atoms with Crippen LogP contribution in [0.3, 0.4) is 0 Å². The molecule has 2 heterocycles. The maximum absolute atomic E-state index is 14.1. The fourth-order valence-corrected chi connectivity index (χ4v) is 5.82. The third-order valence-corrected chi connectivity index (χ3v) is 8.00. The lowest BCUT2D eigenvalue weighted by molar-refractivity contribution is -0.157. The van der Waals surface area contributed by atoms with Crippen molar-refractivity contribution in [1.29, 1.82) is 0 Å². The molecule has 0 aromatic heterocycles. The average Bonchev–Trinajstić information content (AvgIpc) is 3.33. The zero-order valence-corrected chi connectivity index (χ0v) is 25.0. The van der Waals surface area contributed by atoms with Crippen molar-refractivity contribution in [1.82, 2.24) is 25.1 Å². The van der Waals surface area contributed by atoms with Crippen molar-refractivity contribution in [3.8, 4) is 5.75 Å². The summed E-state index contributed by atoms with van der Waals surface area (Å²) in [6.07, 6.45) is 0.503. The van der Waals surface area contributed by atoms with Gasteiger partial charge in [-0.3, -0.25) is 14.6 Å². The third kappa shape index (κ3) is 6.75. The highest BCUT2D eigenvalue weighted by molar-refractivity contribution is 5.91. The normalized spacial score (nSPS) is 18.5. The van der Waals surface area contributed by atoms with Crippen LogP contribution < -0.4 is 10.2 Å². The molecule has 3 aromatic carbocycles. The number of anilines is 1. The first-order valence-corrected chi connectivity index (χ1v) is 14.7. The summed E-state index contributed by atoms with van der Waals surface area (Å²) < 4.78 is 0. The van der Waals surface area contributed by atoms with Crippen molar-refractivity contribution < 1.29 is 19.5 Å². The van der Waals surface area contributed by atoms with E-state index in [-0.39, 0.29) is 36.7 Å². The van der Waals surface area contributed by atoms with Crippen molar-refractivity contribution in [3.63, 3.8) is 0 Å². The second-order valence-corrected chi connectivity index (χ2v) is 11.3. The first kappa shape index (κ1) is 29.9. The lowest BCUT2D eigenvalue weighted by atomic mass is 9.99. The molecule has 2 fully saturated rings. The Balaban J connectivity index is 1.44. The van der Waals surface area contributed by atoms with E-state index in [1.807, 2.05) is 79.5 Å². The molecule has 10 heteroatoms. The van der Waals surface area contributed by atoms with Crippen molar-refractivity contribution in [2.75, 3.05) is 38.6 Å². The predicted octanol–water partition coefficient (Wildman–Crippen LogP) is 3.42. The van der Waals surface area contributed by atoms with E-state index in [2.05, 4.69) is 11.4 Å². The lowest BCUT2D eigenvalue weighted by Gasteiger charge is -2.46. The Hall–Kier alpha value is -4.57.